The zero-order chi connectivity index (χ0) is 11.6. The van der Waals surface area contributed by atoms with Crippen molar-refractivity contribution in [3.8, 4) is 0 Å². The third-order valence-corrected chi connectivity index (χ3v) is 1.66. The van der Waals surface area contributed by atoms with E-state index in [0.29, 0.717) is 6.54 Å². The third kappa shape index (κ3) is 4.36. The molecule has 6 nitrogen and oxygen atoms in total. The highest BCUT2D eigenvalue weighted by Gasteiger charge is 1.87. The lowest BCUT2D eigenvalue weighted by molar-refractivity contribution is 0.280. The van der Waals surface area contributed by atoms with Gasteiger partial charge < -0.3 is 13.9 Å². The Balaban J connectivity index is 0.000000165. The van der Waals surface area contributed by atoms with Gasteiger partial charge in [-0.2, -0.15) is 0 Å². The Morgan fingerprint density at radius 2 is 1.81 bits per heavy atom. The van der Waals surface area contributed by atoms with Gasteiger partial charge in [-0.15, -0.1) is 0 Å². The fraction of sp³-hybridized carbons (Fsp3) is 0.200. The van der Waals surface area contributed by atoms with Gasteiger partial charge in [0, 0.05) is 10.5 Å². The van der Waals surface area contributed by atoms with E-state index in [2.05, 4.69) is 14.4 Å². The molecule has 1 N–H and O–H groups in total. The molecule has 0 spiro atoms. The minimum atomic E-state index is 0.0660. The maximum absolute atomic E-state index is 8.37. The van der Waals surface area contributed by atoms with E-state index >= 15 is 0 Å². The van der Waals surface area contributed by atoms with Gasteiger partial charge in [0.1, 0.15) is 0 Å². The van der Waals surface area contributed by atoms with Crippen LogP contribution in [0.25, 0.3) is 10.4 Å². The van der Waals surface area contributed by atoms with Gasteiger partial charge >= 0.3 is 0 Å². The van der Waals surface area contributed by atoms with Crippen molar-refractivity contribution in [3.63, 3.8) is 0 Å². The van der Waals surface area contributed by atoms with Gasteiger partial charge in [0.15, 0.2) is 0 Å². The first-order valence-corrected chi connectivity index (χ1v) is 4.50. The molecule has 0 aromatic carbocycles. The van der Waals surface area contributed by atoms with Crippen molar-refractivity contribution in [2.24, 2.45) is 5.11 Å². The molecule has 2 heterocycles. The van der Waals surface area contributed by atoms with Gasteiger partial charge in [0.2, 0.25) is 0 Å². The van der Waals surface area contributed by atoms with Crippen molar-refractivity contribution >= 4 is 0 Å². The van der Waals surface area contributed by atoms with Crippen LogP contribution in [-0.2, 0) is 13.2 Å². The molecule has 0 saturated heterocycles. The van der Waals surface area contributed by atoms with Gasteiger partial charge in [-0.25, -0.2) is 0 Å². The summed E-state index contributed by atoms with van der Waals surface area (Å²) in [4.78, 5) is 2.59. The Labute approximate surface area is 91.7 Å². The van der Waals surface area contributed by atoms with E-state index in [0.717, 1.165) is 11.1 Å². The van der Waals surface area contributed by atoms with Crippen LogP contribution in [0.3, 0.4) is 0 Å². The second kappa shape index (κ2) is 7.17. The number of nitrogens with zero attached hydrogens (tertiary/aromatic N) is 3. The van der Waals surface area contributed by atoms with E-state index in [9.17, 15) is 0 Å². The Morgan fingerprint density at radius 1 is 1.19 bits per heavy atom. The summed E-state index contributed by atoms with van der Waals surface area (Å²) in [7, 11) is 0. The monoisotopic (exact) mass is 221 g/mol. The number of aliphatic hydroxyl groups excluding tert-OH is 1. The van der Waals surface area contributed by atoms with E-state index in [-0.39, 0.29) is 6.61 Å². The Morgan fingerprint density at radius 3 is 2.19 bits per heavy atom. The molecular weight excluding hydrogens is 210 g/mol. The van der Waals surface area contributed by atoms with Crippen LogP contribution >= 0.6 is 0 Å². The smallest absolute Gasteiger partial charge is 0.0957 e. The van der Waals surface area contributed by atoms with Crippen molar-refractivity contribution in [3.05, 3.63) is 58.8 Å². The summed E-state index contributed by atoms with van der Waals surface area (Å²) in [6, 6.07) is 3.48. The molecule has 84 valence electrons. The van der Waals surface area contributed by atoms with Crippen molar-refractivity contribution in [1.82, 2.24) is 0 Å². The van der Waals surface area contributed by atoms with Crippen molar-refractivity contribution < 1.29 is 13.9 Å². The van der Waals surface area contributed by atoms with Crippen LogP contribution in [0.1, 0.15) is 11.1 Å². The molecule has 2 aromatic heterocycles. The Hall–Kier alpha value is -2.17. The maximum atomic E-state index is 8.37. The Kier molecular flexibility index (Phi) is 5.33. The van der Waals surface area contributed by atoms with E-state index in [1.807, 2.05) is 0 Å². The van der Waals surface area contributed by atoms with Gasteiger partial charge in [-0.3, -0.25) is 0 Å². The predicted molar refractivity (Wildman–Crippen MR) is 56.2 cm³/mol. The summed E-state index contributed by atoms with van der Waals surface area (Å²) < 4.78 is 9.37. The molecular formula is C10H11N3O3. The molecule has 0 amide bonds. The summed E-state index contributed by atoms with van der Waals surface area (Å²) in [5.74, 6) is 0. The lowest BCUT2D eigenvalue weighted by Crippen LogP contribution is -1.72. The Bertz CT molecular complexity index is 416. The number of hydrogen-bond acceptors (Lipinski definition) is 4. The molecule has 0 aliphatic carbocycles. The fourth-order valence-corrected chi connectivity index (χ4v) is 0.879. The summed E-state index contributed by atoms with van der Waals surface area (Å²) in [6.07, 6.45) is 6.14. The van der Waals surface area contributed by atoms with Crippen LogP contribution in [0.15, 0.2) is 51.1 Å². The highest BCUT2D eigenvalue weighted by atomic mass is 16.3. The van der Waals surface area contributed by atoms with Gasteiger partial charge in [-0.1, -0.05) is 5.11 Å². The predicted octanol–water partition coefficient (Wildman–Crippen LogP) is 2.86. The summed E-state index contributed by atoms with van der Waals surface area (Å²) in [5, 5.41) is 11.7. The molecule has 0 saturated carbocycles. The molecule has 6 heteroatoms. The topological polar surface area (TPSA) is 95.3 Å². The highest BCUT2D eigenvalue weighted by molar-refractivity contribution is 5.04. The normalized spacial score (nSPS) is 8.81. The maximum Gasteiger partial charge on any atom is 0.0957 e. The molecule has 0 aliphatic rings. The van der Waals surface area contributed by atoms with Crippen LogP contribution in [0.2, 0.25) is 0 Å². The van der Waals surface area contributed by atoms with Gasteiger partial charge in [0.05, 0.1) is 38.2 Å². The highest BCUT2D eigenvalue weighted by Crippen LogP contribution is 2.00. The lowest BCUT2D eigenvalue weighted by atomic mass is 10.4. The standard InChI is InChI=1S/C5H5N3O.C5H6O2/c6-8-7-3-5-1-2-9-4-5;6-3-5-1-2-7-4-5/h1-2,4H,3H2;1-2,4,6H,3H2. The quantitative estimate of drug-likeness (QED) is 0.490. The second-order valence-electron chi connectivity index (χ2n) is 2.81. The average molecular weight is 221 g/mol. The number of rotatable bonds is 3. The second-order valence-corrected chi connectivity index (χ2v) is 2.81. The van der Waals surface area contributed by atoms with Crippen molar-refractivity contribution in [1.29, 1.82) is 0 Å². The van der Waals surface area contributed by atoms with Gasteiger partial charge in [-0.05, 0) is 23.2 Å². The minimum Gasteiger partial charge on any atom is -0.472 e. The van der Waals surface area contributed by atoms with Crippen LogP contribution in [-0.4, -0.2) is 5.11 Å². The van der Waals surface area contributed by atoms with Crippen molar-refractivity contribution in [2.75, 3.05) is 0 Å². The molecule has 2 aromatic rings. The van der Waals surface area contributed by atoms with Crippen LogP contribution in [0.5, 0.6) is 0 Å². The SMILES string of the molecule is OCc1ccoc1.[N-]=[N+]=NCc1ccoc1. The molecule has 0 bridgehead atoms. The summed E-state index contributed by atoms with van der Waals surface area (Å²) >= 11 is 0. The van der Waals surface area contributed by atoms with Crippen LogP contribution in [0, 0.1) is 0 Å². The molecule has 0 aliphatic heterocycles. The van der Waals surface area contributed by atoms with E-state index in [4.69, 9.17) is 15.1 Å². The van der Waals surface area contributed by atoms with Crippen LogP contribution < -0.4 is 0 Å². The molecule has 0 radical (unpaired) electrons. The van der Waals surface area contributed by atoms with E-state index < -0.39 is 0 Å². The molecule has 0 atom stereocenters. The molecule has 16 heavy (non-hydrogen) atoms. The largest absolute Gasteiger partial charge is 0.472 e. The number of aliphatic hydroxyl groups is 1. The van der Waals surface area contributed by atoms with E-state index in [1.165, 1.54) is 12.5 Å². The first-order chi connectivity index (χ1) is 7.86. The fourth-order valence-electron chi connectivity index (χ4n) is 0.879. The number of furan rings is 2. The van der Waals surface area contributed by atoms with E-state index in [1.54, 1.807) is 24.7 Å². The first kappa shape index (κ1) is 11.9. The molecule has 0 unspecified atom stereocenters. The molecule has 0 fully saturated rings. The summed E-state index contributed by atoms with van der Waals surface area (Å²) in [6.45, 7) is 0.434. The lowest BCUT2D eigenvalue weighted by Gasteiger charge is -1.78. The van der Waals surface area contributed by atoms with Gasteiger partial charge in [0.25, 0.3) is 0 Å². The summed E-state index contributed by atoms with van der Waals surface area (Å²) in [5.41, 5.74) is 9.61. The van der Waals surface area contributed by atoms with Crippen LogP contribution in [0.4, 0.5) is 0 Å². The third-order valence-electron chi connectivity index (χ3n) is 1.66. The number of hydrogen-bond donors (Lipinski definition) is 1. The molecule has 2 rings (SSSR count). The first-order valence-electron chi connectivity index (χ1n) is 4.50. The van der Waals surface area contributed by atoms with Crippen molar-refractivity contribution in [2.45, 2.75) is 13.2 Å². The number of azide groups is 1. The zero-order valence-electron chi connectivity index (χ0n) is 8.48. The minimum absolute atomic E-state index is 0.0660. The zero-order valence-corrected chi connectivity index (χ0v) is 8.48. The average Bonchev–Trinajstić information content (AvgIpc) is 3.00.